The van der Waals surface area contributed by atoms with Gasteiger partial charge in [0, 0.05) is 29.7 Å². The van der Waals surface area contributed by atoms with Crippen LogP contribution in [0.25, 0.3) is 0 Å². The maximum Gasteiger partial charge on any atom is 0.256 e. The molecule has 1 aliphatic rings. The van der Waals surface area contributed by atoms with Crippen LogP contribution in [0.2, 0.25) is 0 Å². The van der Waals surface area contributed by atoms with E-state index in [0.717, 1.165) is 17.7 Å². The Morgan fingerprint density at radius 3 is 2.53 bits per heavy atom. The Bertz CT molecular complexity index is 1020. The van der Waals surface area contributed by atoms with Gasteiger partial charge in [0.05, 0.1) is 18.4 Å². The van der Waals surface area contributed by atoms with Crippen molar-refractivity contribution in [3.8, 4) is 11.5 Å². The number of carbonyl (C=O) groups excluding carboxylic acids is 3. The number of thioether (sulfide) groups is 1. The summed E-state index contributed by atoms with van der Waals surface area (Å²) in [6.07, 6.45) is 5.68. The number of nitrogens with zero attached hydrogens (tertiary/aromatic N) is 1. The van der Waals surface area contributed by atoms with Crippen LogP contribution >= 0.6 is 11.8 Å². The van der Waals surface area contributed by atoms with Crippen LogP contribution in [0.1, 0.15) is 42.5 Å². The Balaban J connectivity index is 1.66. The van der Waals surface area contributed by atoms with E-state index < -0.39 is 5.91 Å². The number of hydrogen-bond donors (Lipinski definition) is 2. The summed E-state index contributed by atoms with van der Waals surface area (Å²) >= 11 is 1.36. The first-order chi connectivity index (χ1) is 16.4. The van der Waals surface area contributed by atoms with Gasteiger partial charge in [-0.05, 0) is 37.1 Å². The normalized spacial score (nSPS) is 13.7. The Labute approximate surface area is 204 Å². The Hall–Kier alpha value is -3.20. The second-order valence-corrected chi connectivity index (χ2v) is 9.17. The molecule has 1 saturated carbocycles. The minimum absolute atomic E-state index is 0.0681. The van der Waals surface area contributed by atoms with Gasteiger partial charge in [-0.15, -0.1) is 11.8 Å². The maximum atomic E-state index is 13.0. The molecular weight excluding hydrogens is 454 g/mol. The van der Waals surface area contributed by atoms with E-state index in [4.69, 9.17) is 15.2 Å². The molecule has 0 aromatic heterocycles. The summed E-state index contributed by atoms with van der Waals surface area (Å²) < 4.78 is 10.6. The topological polar surface area (TPSA) is 111 Å². The Kier molecular flexibility index (Phi) is 9.21. The Morgan fingerprint density at radius 2 is 1.82 bits per heavy atom. The zero-order valence-corrected chi connectivity index (χ0v) is 20.4. The van der Waals surface area contributed by atoms with Crippen molar-refractivity contribution in [3.05, 3.63) is 48.0 Å². The Morgan fingerprint density at radius 1 is 1.09 bits per heavy atom. The molecule has 182 valence electrons. The average Bonchev–Trinajstić information content (AvgIpc) is 2.86. The van der Waals surface area contributed by atoms with Crippen molar-refractivity contribution in [1.29, 1.82) is 0 Å². The van der Waals surface area contributed by atoms with E-state index in [0.29, 0.717) is 23.0 Å². The lowest BCUT2D eigenvalue weighted by Crippen LogP contribution is -2.39. The van der Waals surface area contributed by atoms with E-state index in [-0.39, 0.29) is 29.9 Å². The molecule has 0 saturated heterocycles. The van der Waals surface area contributed by atoms with Gasteiger partial charge < -0.3 is 25.4 Å². The number of primary amides is 1. The van der Waals surface area contributed by atoms with Gasteiger partial charge in [-0.2, -0.15) is 0 Å². The molecule has 0 unspecified atom stereocenters. The first-order valence-corrected chi connectivity index (χ1v) is 12.3. The number of nitrogens with one attached hydrogen (secondary N) is 1. The molecule has 9 heteroatoms. The van der Waals surface area contributed by atoms with E-state index in [1.54, 1.807) is 30.3 Å². The van der Waals surface area contributed by atoms with E-state index in [1.807, 2.05) is 24.1 Å². The van der Waals surface area contributed by atoms with Crippen molar-refractivity contribution in [1.82, 2.24) is 4.90 Å². The molecule has 0 aliphatic heterocycles. The summed E-state index contributed by atoms with van der Waals surface area (Å²) in [5, 5.41) is 2.84. The van der Waals surface area contributed by atoms with Gasteiger partial charge in [0.15, 0.2) is 18.1 Å². The van der Waals surface area contributed by atoms with Crippen molar-refractivity contribution in [3.63, 3.8) is 0 Å². The van der Waals surface area contributed by atoms with Gasteiger partial charge in [0.2, 0.25) is 5.91 Å². The van der Waals surface area contributed by atoms with Crippen molar-refractivity contribution in [2.45, 2.75) is 43.0 Å². The molecule has 3 amide bonds. The van der Waals surface area contributed by atoms with Gasteiger partial charge in [0.1, 0.15) is 0 Å². The SMILES string of the molecule is COc1ccc(NC(=O)c2ccccc2SCC(=O)N(C)C2CCCCC2)cc1OCC(N)=O. The van der Waals surface area contributed by atoms with Crippen molar-refractivity contribution in [2.24, 2.45) is 5.73 Å². The summed E-state index contributed by atoms with van der Waals surface area (Å²) in [5.74, 6) is 0.103. The zero-order chi connectivity index (χ0) is 24.5. The lowest BCUT2D eigenvalue weighted by atomic mass is 9.94. The standard InChI is InChI=1S/C25H31N3O5S/c1-28(18-8-4-3-5-9-18)24(30)16-34-22-11-7-6-10-19(22)25(31)27-17-12-13-20(32-2)21(14-17)33-15-23(26)29/h6-7,10-14,18H,3-5,8-9,15-16H2,1-2H3,(H2,26,29)(H,27,31). The van der Waals surface area contributed by atoms with Gasteiger partial charge in [-0.1, -0.05) is 31.4 Å². The summed E-state index contributed by atoms with van der Waals surface area (Å²) in [6, 6.07) is 12.4. The molecule has 2 aromatic rings. The van der Waals surface area contributed by atoms with E-state index in [2.05, 4.69) is 5.32 Å². The van der Waals surface area contributed by atoms with Gasteiger partial charge in [0.25, 0.3) is 11.8 Å². The maximum absolute atomic E-state index is 13.0. The second-order valence-electron chi connectivity index (χ2n) is 8.16. The van der Waals surface area contributed by atoms with Gasteiger partial charge in [-0.3, -0.25) is 14.4 Å². The number of hydrogen-bond acceptors (Lipinski definition) is 6. The van der Waals surface area contributed by atoms with Crippen molar-refractivity contribution in [2.75, 3.05) is 31.8 Å². The highest BCUT2D eigenvalue weighted by atomic mass is 32.2. The molecule has 0 radical (unpaired) electrons. The molecule has 1 aliphatic carbocycles. The molecule has 2 aromatic carbocycles. The monoisotopic (exact) mass is 485 g/mol. The zero-order valence-electron chi connectivity index (χ0n) is 19.5. The number of rotatable bonds is 10. The molecule has 0 bridgehead atoms. The quantitative estimate of drug-likeness (QED) is 0.497. The van der Waals surface area contributed by atoms with Crippen LogP contribution in [-0.2, 0) is 9.59 Å². The minimum atomic E-state index is -0.619. The highest BCUT2D eigenvalue weighted by Gasteiger charge is 2.22. The van der Waals surface area contributed by atoms with Crippen LogP contribution in [0.5, 0.6) is 11.5 Å². The van der Waals surface area contributed by atoms with Crippen LogP contribution < -0.4 is 20.5 Å². The smallest absolute Gasteiger partial charge is 0.256 e. The highest BCUT2D eigenvalue weighted by Crippen LogP contribution is 2.31. The number of amides is 3. The number of benzene rings is 2. The fourth-order valence-corrected chi connectivity index (χ4v) is 4.88. The summed E-state index contributed by atoms with van der Waals surface area (Å²) in [7, 11) is 3.35. The summed E-state index contributed by atoms with van der Waals surface area (Å²) in [4.78, 5) is 39.4. The number of methoxy groups -OCH3 is 1. The number of anilines is 1. The third-order valence-corrected chi connectivity index (χ3v) is 6.85. The number of carbonyl (C=O) groups is 3. The fraction of sp³-hybridized carbons (Fsp3) is 0.400. The third-order valence-electron chi connectivity index (χ3n) is 5.79. The van der Waals surface area contributed by atoms with Crippen LogP contribution in [0.3, 0.4) is 0 Å². The van der Waals surface area contributed by atoms with E-state index >= 15 is 0 Å². The van der Waals surface area contributed by atoms with Gasteiger partial charge in [-0.25, -0.2) is 0 Å². The molecule has 34 heavy (non-hydrogen) atoms. The van der Waals surface area contributed by atoms with Crippen LogP contribution in [0.15, 0.2) is 47.4 Å². The predicted molar refractivity (Wildman–Crippen MR) is 132 cm³/mol. The number of ether oxygens (including phenoxy) is 2. The summed E-state index contributed by atoms with van der Waals surface area (Å²) in [6.45, 7) is -0.309. The third kappa shape index (κ3) is 6.90. The van der Waals surface area contributed by atoms with Crippen LogP contribution in [-0.4, -0.2) is 55.2 Å². The molecular formula is C25H31N3O5S. The van der Waals surface area contributed by atoms with Crippen molar-refractivity contribution >= 4 is 35.2 Å². The van der Waals surface area contributed by atoms with Gasteiger partial charge >= 0.3 is 0 Å². The summed E-state index contributed by atoms with van der Waals surface area (Å²) in [5.41, 5.74) is 6.09. The van der Waals surface area contributed by atoms with Crippen LogP contribution in [0.4, 0.5) is 5.69 Å². The number of nitrogens with two attached hydrogens (primary N) is 1. The average molecular weight is 486 g/mol. The fourth-order valence-electron chi connectivity index (χ4n) is 3.91. The predicted octanol–water partition coefficient (Wildman–Crippen LogP) is 3.69. The minimum Gasteiger partial charge on any atom is -0.493 e. The first-order valence-electron chi connectivity index (χ1n) is 11.3. The highest BCUT2D eigenvalue weighted by molar-refractivity contribution is 8.00. The molecule has 3 rings (SSSR count). The lowest BCUT2D eigenvalue weighted by molar-refractivity contribution is -0.129. The van der Waals surface area contributed by atoms with E-state index in [9.17, 15) is 14.4 Å². The molecule has 8 nitrogen and oxygen atoms in total. The molecule has 3 N–H and O–H groups in total. The molecule has 0 atom stereocenters. The van der Waals surface area contributed by atoms with E-state index in [1.165, 1.54) is 38.1 Å². The molecule has 1 fully saturated rings. The second kappa shape index (κ2) is 12.3. The van der Waals surface area contributed by atoms with Crippen LogP contribution in [0, 0.1) is 0 Å². The largest absolute Gasteiger partial charge is 0.493 e. The first kappa shape index (κ1) is 25.4. The van der Waals surface area contributed by atoms with Crippen molar-refractivity contribution < 1.29 is 23.9 Å². The molecule has 0 heterocycles. The lowest BCUT2D eigenvalue weighted by Gasteiger charge is -2.31. The molecule has 0 spiro atoms.